The normalized spacial score (nSPS) is 11.3. The van der Waals surface area contributed by atoms with Crippen LogP contribution < -0.4 is 10.6 Å². The van der Waals surface area contributed by atoms with Gasteiger partial charge in [0.05, 0.1) is 35.8 Å². The molecule has 0 spiro atoms. The molecule has 8 nitrogen and oxygen atoms in total. The zero-order chi connectivity index (χ0) is 22.0. The number of ether oxygens (including phenoxy) is 1. The Morgan fingerprint density at radius 2 is 2.06 bits per heavy atom. The molecule has 9 heteroatoms. The van der Waals surface area contributed by atoms with Gasteiger partial charge in [-0.2, -0.15) is 5.26 Å². The first-order chi connectivity index (χ1) is 15.1. The number of fused-ring (bicyclic) bond motifs is 3. The Labute approximate surface area is 179 Å². The average molecular weight is 421 g/mol. The molecule has 4 aromatic rings. The molecule has 0 aliphatic rings. The summed E-state index contributed by atoms with van der Waals surface area (Å²) in [6.07, 6.45) is 1.76. The second kappa shape index (κ2) is 8.71. The van der Waals surface area contributed by atoms with Crippen LogP contribution in [0.1, 0.15) is 5.56 Å². The molecule has 0 aliphatic carbocycles. The van der Waals surface area contributed by atoms with Crippen LogP contribution in [-0.4, -0.2) is 53.0 Å². The van der Waals surface area contributed by atoms with Gasteiger partial charge in [0.15, 0.2) is 5.82 Å². The third-order valence-electron chi connectivity index (χ3n) is 5.26. The van der Waals surface area contributed by atoms with Crippen molar-refractivity contribution in [1.82, 2.24) is 24.4 Å². The predicted octanol–water partition coefficient (Wildman–Crippen LogP) is 2.88. The highest BCUT2D eigenvalue weighted by Gasteiger charge is 2.19. The van der Waals surface area contributed by atoms with Gasteiger partial charge in [-0.05, 0) is 24.3 Å². The number of anilines is 1. The van der Waals surface area contributed by atoms with Crippen LogP contribution >= 0.6 is 0 Å². The molecule has 0 atom stereocenters. The number of pyridine rings is 1. The summed E-state index contributed by atoms with van der Waals surface area (Å²) in [5.41, 5.74) is 4.19. The van der Waals surface area contributed by atoms with E-state index < -0.39 is 5.82 Å². The Kier molecular flexibility index (Phi) is 5.84. The Balaban J connectivity index is 1.92. The lowest BCUT2D eigenvalue weighted by atomic mass is 10.1. The Morgan fingerprint density at radius 1 is 1.23 bits per heavy atom. The number of hydrogen-bond acceptors (Lipinski definition) is 6. The summed E-state index contributed by atoms with van der Waals surface area (Å²) in [5, 5.41) is 16.7. The minimum Gasteiger partial charge on any atom is -0.383 e. The van der Waals surface area contributed by atoms with E-state index in [0.29, 0.717) is 31.1 Å². The molecule has 1 aromatic carbocycles. The number of imidazole rings is 1. The SMILES string of the molecule is CNc1nc2c(cc(-c3cc(F)cc(C#N)c3)n2CCNCCOC)c2c1ncn2C. The summed E-state index contributed by atoms with van der Waals surface area (Å²) >= 11 is 0. The maximum atomic E-state index is 14.2. The van der Waals surface area contributed by atoms with E-state index in [1.165, 1.54) is 12.1 Å². The largest absolute Gasteiger partial charge is 0.383 e. The van der Waals surface area contributed by atoms with E-state index in [0.717, 1.165) is 34.3 Å². The molecule has 4 rings (SSSR count). The van der Waals surface area contributed by atoms with Crippen molar-refractivity contribution in [2.24, 2.45) is 7.05 Å². The molecule has 160 valence electrons. The molecule has 2 N–H and O–H groups in total. The number of halogens is 1. The molecule has 31 heavy (non-hydrogen) atoms. The Bertz CT molecular complexity index is 1280. The highest BCUT2D eigenvalue weighted by atomic mass is 19.1. The van der Waals surface area contributed by atoms with E-state index >= 15 is 0 Å². The lowest BCUT2D eigenvalue weighted by molar-refractivity contribution is 0.199. The van der Waals surface area contributed by atoms with Crippen molar-refractivity contribution in [3.8, 4) is 17.3 Å². The number of benzene rings is 1. The molecule has 3 heterocycles. The van der Waals surface area contributed by atoms with Crippen molar-refractivity contribution in [1.29, 1.82) is 5.26 Å². The molecule has 3 aromatic heterocycles. The number of nitrogens with one attached hydrogen (secondary N) is 2. The van der Waals surface area contributed by atoms with Crippen LogP contribution in [0.5, 0.6) is 0 Å². The van der Waals surface area contributed by atoms with E-state index in [-0.39, 0.29) is 5.56 Å². The third-order valence-corrected chi connectivity index (χ3v) is 5.26. The molecular weight excluding hydrogens is 397 g/mol. The van der Waals surface area contributed by atoms with Crippen molar-refractivity contribution in [2.45, 2.75) is 6.54 Å². The van der Waals surface area contributed by atoms with Gasteiger partial charge in [0.1, 0.15) is 17.0 Å². The summed E-state index contributed by atoms with van der Waals surface area (Å²) in [6.45, 7) is 2.64. The Morgan fingerprint density at radius 3 is 2.81 bits per heavy atom. The zero-order valence-corrected chi connectivity index (χ0v) is 17.7. The first-order valence-corrected chi connectivity index (χ1v) is 10.00. The second-order valence-corrected chi connectivity index (χ2v) is 7.26. The van der Waals surface area contributed by atoms with E-state index in [4.69, 9.17) is 9.72 Å². The third kappa shape index (κ3) is 3.83. The van der Waals surface area contributed by atoms with Crippen LogP contribution in [0.15, 0.2) is 30.6 Å². The van der Waals surface area contributed by atoms with Crippen LogP contribution in [0.2, 0.25) is 0 Å². The summed E-state index contributed by atoms with van der Waals surface area (Å²) in [7, 11) is 5.42. The number of methoxy groups -OCH3 is 1. The quantitative estimate of drug-likeness (QED) is 0.425. The van der Waals surface area contributed by atoms with Crippen LogP contribution in [-0.2, 0) is 18.3 Å². The van der Waals surface area contributed by atoms with Gasteiger partial charge in [0.2, 0.25) is 0 Å². The van der Waals surface area contributed by atoms with Gasteiger partial charge < -0.3 is 24.5 Å². The van der Waals surface area contributed by atoms with Gasteiger partial charge in [-0.25, -0.2) is 14.4 Å². The van der Waals surface area contributed by atoms with Gasteiger partial charge in [-0.1, -0.05) is 0 Å². The van der Waals surface area contributed by atoms with Crippen LogP contribution in [0.4, 0.5) is 10.2 Å². The fourth-order valence-corrected chi connectivity index (χ4v) is 3.85. The molecule has 0 amide bonds. The van der Waals surface area contributed by atoms with Crippen LogP contribution in [0, 0.1) is 17.1 Å². The van der Waals surface area contributed by atoms with Gasteiger partial charge >= 0.3 is 0 Å². The number of hydrogen-bond donors (Lipinski definition) is 2. The fraction of sp³-hybridized carbons (Fsp3) is 0.318. The van der Waals surface area contributed by atoms with Crippen molar-refractivity contribution in [3.63, 3.8) is 0 Å². The standard InChI is InChI=1S/C22H24FN7O/c1-25-21-19-20(29(2)13-27-19)17-11-18(15-8-14(12-24)9-16(23)10-15)30(22(17)28-21)6-4-26-5-7-31-3/h8-11,13,26H,4-7H2,1-3H3,(H,25,28). The van der Waals surface area contributed by atoms with Crippen LogP contribution in [0.3, 0.4) is 0 Å². The lowest BCUT2D eigenvalue weighted by Crippen LogP contribution is -2.24. The number of rotatable bonds is 8. The summed E-state index contributed by atoms with van der Waals surface area (Å²) < 4.78 is 23.3. The van der Waals surface area contributed by atoms with E-state index in [9.17, 15) is 9.65 Å². The first kappa shape index (κ1) is 20.8. The minimum absolute atomic E-state index is 0.277. The second-order valence-electron chi connectivity index (χ2n) is 7.26. The van der Waals surface area contributed by atoms with Gasteiger partial charge in [-0.15, -0.1) is 0 Å². The summed E-state index contributed by atoms with van der Waals surface area (Å²) in [4.78, 5) is 9.31. The number of aromatic nitrogens is 4. The average Bonchev–Trinajstić information content (AvgIpc) is 3.33. The minimum atomic E-state index is -0.446. The van der Waals surface area contributed by atoms with Crippen LogP contribution in [0.25, 0.3) is 33.3 Å². The van der Waals surface area contributed by atoms with Crippen molar-refractivity contribution in [3.05, 3.63) is 42.0 Å². The molecule has 0 unspecified atom stereocenters. The molecule has 0 fully saturated rings. The molecular formula is C22H24FN7O. The van der Waals surface area contributed by atoms with Crippen molar-refractivity contribution < 1.29 is 9.13 Å². The smallest absolute Gasteiger partial charge is 0.156 e. The lowest BCUT2D eigenvalue weighted by Gasteiger charge is -2.12. The topological polar surface area (TPSA) is 92.7 Å². The Hall–Kier alpha value is -3.48. The van der Waals surface area contributed by atoms with Gasteiger partial charge in [0, 0.05) is 51.8 Å². The maximum absolute atomic E-state index is 14.2. The summed E-state index contributed by atoms with van der Waals surface area (Å²) in [6, 6.07) is 8.42. The highest BCUT2D eigenvalue weighted by molar-refractivity contribution is 6.07. The fourth-order valence-electron chi connectivity index (χ4n) is 3.85. The van der Waals surface area contributed by atoms with Crippen molar-refractivity contribution >= 4 is 27.9 Å². The predicted molar refractivity (Wildman–Crippen MR) is 118 cm³/mol. The molecule has 0 bridgehead atoms. The molecule has 0 aliphatic heterocycles. The van der Waals surface area contributed by atoms with Crippen molar-refractivity contribution in [2.75, 3.05) is 39.2 Å². The van der Waals surface area contributed by atoms with E-state index in [1.807, 2.05) is 30.8 Å². The van der Waals surface area contributed by atoms with E-state index in [2.05, 4.69) is 20.2 Å². The monoisotopic (exact) mass is 421 g/mol. The number of nitrogens with zero attached hydrogens (tertiary/aromatic N) is 5. The molecule has 0 saturated heterocycles. The number of nitriles is 1. The maximum Gasteiger partial charge on any atom is 0.156 e. The van der Waals surface area contributed by atoms with E-state index in [1.54, 1.807) is 19.5 Å². The first-order valence-electron chi connectivity index (χ1n) is 10.00. The number of aryl methyl sites for hydroxylation is 1. The van der Waals surface area contributed by atoms with Gasteiger partial charge in [-0.3, -0.25) is 0 Å². The molecule has 0 radical (unpaired) electrons. The highest BCUT2D eigenvalue weighted by Crippen LogP contribution is 2.34. The molecule has 0 saturated carbocycles. The zero-order valence-electron chi connectivity index (χ0n) is 17.7. The van der Waals surface area contributed by atoms with Gasteiger partial charge in [0.25, 0.3) is 0 Å². The summed E-state index contributed by atoms with van der Waals surface area (Å²) in [5.74, 6) is 0.233.